The summed E-state index contributed by atoms with van der Waals surface area (Å²) in [6.45, 7) is 1.70. The maximum atomic E-state index is 13.4. The van der Waals surface area contributed by atoms with Gasteiger partial charge in [-0.2, -0.15) is 13.5 Å². The van der Waals surface area contributed by atoms with E-state index in [0.29, 0.717) is 22.1 Å². The predicted molar refractivity (Wildman–Crippen MR) is 144 cm³/mol. The van der Waals surface area contributed by atoms with E-state index in [-0.39, 0.29) is 68.6 Å². The molecule has 0 aliphatic heterocycles. The molecule has 9 nitrogen and oxygen atoms in total. The van der Waals surface area contributed by atoms with Crippen molar-refractivity contribution in [1.29, 1.82) is 0 Å². The summed E-state index contributed by atoms with van der Waals surface area (Å²) in [5.74, 6) is -0.998. The Morgan fingerprint density at radius 2 is 1.79 bits per heavy atom. The van der Waals surface area contributed by atoms with E-state index >= 15 is 0 Å². The van der Waals surface area contributed by atoms with Gasteiger partial charge in [-0.15, -0.1) is 5.11 Å². The first-order valence-electron chi connectivity index (χ1n) is 11.1. The second-order valence-corrected chi connectivity index (χ2v) is 10.2. The number of hydrogen-bond donors (Lipinski definition) is 2. The first kappa shape index (κ1) is 30.8. The topological polar surface area (TPSA) is 140 Å². The van der Waals surface area contributed by atoms with Crippen LogP contribution in [0.5, 0.6) is 11.5 Å². The maximum absolute atomic E-state index is 13.4. The van der Waals surface area contributed by atoms with Crippen LogP contribution in [0.3, 0.4) is 0 Å². The zero-order valence-corrected chi connectivity index (χ0v) is 25.4. The molecular formula is C26H20Cl2N3NaO6S. The fourth-order valence-electron chi connectivity index (χ4n) is 3.82. The van der Waals surface area contributed by atoms with Gasteiger partial charge in [0.1, 0.15) is 16.3 Å². The molecular weight excluding hydrogens is 576 g/mol. The van der Waals surface area contributed by atoms with E-state index in [1.54, 1.807) is 43.3 Å². The number of fused-ring (bicyclic) bond motifs is 1. The summed E-state index contributed by atoms with van der Waals surface area (Å²) in [7, 11) is -3.18. The van der Waals surface area contributed by atoms with Gasteiger partial charge in [0, 0.05) is 17.0 Å². The standard InChI is InChI=1S/C26H21Cl2N3O6S.Na/c1-3-14-8-11-20(22(28)25(14)38(34,35)36)30-31-23-17-7-5-4-6-15(17)12-18(24(23)32)26(33)29-21-13-16(37-2)9-10-19(21)27;/h4-13,32H,3H2,1-2H3,(H,29,33)(H,34,35,36);/q;+1/p-1. The maximum Gasteiger partial charge on any atom is 1.00 e. The molecule has 0 aliphatic carbocycles. The van der Waals surface area contributed by atoms with Gasteiger partial charge in [0.2, 0.25) is 0 Å². The Balaban J connectivity index is 0.00000420. The number of halogens is 2. The smallest absolute Gasteiger partial charge is 0.870 e. The Labute approximate surface area is 256 Å². The average Bonchev–Trinajstić information content (AvgIpc) is 2.88. The molecule has 0 saturated carbocycles. The van der Waals surface area contributed by atoms with Gasteiger partial charge in [-0.1, -0.05) is 66.2 Å². The molecule has 0 fully saturated rings. The number of nitrogens with one attached hydrogen (secondary N) is 1. The number of hydrogen-bond acceptors (Lipinski definition) is 7. The van der Waals surface area contributed by atoms with E-state index in [1.165, 1.54) is 31.4 Å². The van der Waals surface area contributed by atoms with Gasteiger partial charge in [-0.05, 0) is 41.6 Å². The third-order valence-corrected chi connectivity index (χ3v) is 7.50. The van der Waals surface area contributed by atoms with Gasteiger partial charge >= 0.3 is 29.6 Å². The second kappa shape index (κ2) is 12.6. The number of carbonyl (C=O) groups is 1. The van der Waals surface area contributed by atoms with Crippen LogP contribution in [0.25, 0.3) is 10.8 Å². The Morgan fingerprint density at radius 1 is 1.08 bits per heavy atom. The number of rotatable bonds is 7. The number of carbonyl (C=O) groups excluding carboxylic acids is 1. The molecule has 39 heavy (non-hydrogen) atoms. The van der Waals surface area contributed by atoms with Crippen molar-refractivity contribution in [3.8, 4) is 11.5 Å². The molecule has 196 valence electrons. The number of benzene rings is 4. The van der Waals surface area contributed by atoms with Crippen molar-refractivity contribution in [3.63, 3.8) is 0 Å². The van der Waals surface area contributed by atoms with Gasteiger partial charge in [-0.25, -0.2) is 0 Å². The number of ether oxygens (including phenoxy) is 1. The fraction of sp³-hybridized carbons (Fsp3) is 0.115. The van der Waals surface area contributed by atoms with Gasteiger partial charge in [-0.3, -0.25) is 9.35 Å². The Kier molecular flexibility index (Phi) is 10.0. The molecule has 4 rings (SSSR count). The summed E-state index contributed by atoms with van der Waals surface area (Å²) in [6, 6.07) is 15.7. The molecule has 0 aliphatic rings. The quantitative estimate of drug-likeness (QED) is 0.189. The minimum absolute atomic E-state index is 0. The second-order valence-electron chi connectivity index (χ2n) is 8.04. The average molecular weight is 596 g/mol. The predicted octanol–water partition coefficient (Wildman–Crippen LogP) is 3.71. The first-order chi connectivity index (χ1) is 18.0. The molecule has 13 heteroatoms. The van der Waals surface area contributed by atoms with Crippen molar-refractivity contribution in [2.75, 3.05) is 12.4 Å². The number of aryl methyl sites for hydroxylation is 1. The van der Waals surface area contributed by atoms with Gasteiger partial charge in [0.15, 0.2) is 0 Å². The number of anilines is 1. The molecule has 1 amide bonds. The molecule has 0 bridgehead atoms. The molecule has 0 aromatic heterocycles. The van der Waals surface area contributed by atoms with Crippen LogP contribution in [0.1, 0.15) is 22.8 Å². The van der Waals surface area contributed by atoms with Crippen LogP contribution >= 0.6 is 23.2 Å². The number of azo groups is 1. The largest absolute Gasteiger partial charge is 1.00 e. The molecule has 0 atom stereocenters. The summed E-state index contributed by atoms with van der Waals surface area (Å²) >= 11 is 12.4. The van der Waals surface area contributed by atoms with Crippen LogP contribution in [0.2, 0.25) is 10.0 Å². The van der Waals surface area contributed by atoms with Crippen LogP contribution in [0, 0.1) is 0 Å². The van der Waals surface area contributed by atoms with E-state index in [0.717, 1.165) is 0 Å². The van der Waals surface area contributed by atoms with E-state index < -0.39 is 26.7 Å². The molecule has 4 aromatic carbocycles. The molecule has 0 heterocycles. The van der Waals surface area contributed by atoms with Crippen molar-refractivity contribution in [1.82, 2.24) is 0 Å². The summed E-state index contributed by atoms with van der Waals surface area (Å²) in [4.78, 5) is 12.7. The number of nitrogens with zero attached hydrogens (tertiary/aromatic N) is 2. The summed E-state index contributed by atoms with van der Waals surface area (Å²) in [6.07, 6.45) is 0.288. The SMILES string of the molecule is CCc1ccc(N=Nc2c([O-])c(C(=O)Nc3cc(OC)ccc3Cl)cc3ccccc23)c(Cl)c1S(=O)(=O)O.[Na+]. The Morgan fingerprint density at radius 3 is 2.46 bits per heavy atom. The summed E-state index contributed by atoms with van der Waals surface area (Å²) in [5, 5.41) is 24.9. The third kappa shape index (κ3) is 6.55. The Bertz CT molecular complexity index is 1710. The molecule has 0 radical (unpaired) electrons. The first-order valence-corrected chi connectivity index (χ1v) is 13.3. The normalized spacial score (nSPS) is 11.4. The zero-order valence-electron chi connectivity index (χ0n) is 21.0. The summed E-state index contributed by atoms with van der Waals surface area (Å²) < 4.78 is 38.6. The van der Waals surface area contributed by atoms with Crippen LogP contribution in [0.4, 0.5) is 17.1 Å². The number of methoxy groups -OCH3 is 1. The minimum atomic E-state index is -4.65. The van der Waals surface area contributed by atoms with Crippen LogP contribution in [-0.4, -0.2) is 26.0 Å². The van der Waals surface area contributed by atoms with E-state index in [4.69, 9.17) is 27.9 Å². The van der Waals surface area contributed by atoms with Crippen LogP contribution < -0.4 is 44.7 Å². The summed E-state index contributed by atoms with van der Waals surface area (Å²) in [5.41, 5.74) is 0.0724. The molecule has 0 spiro atoms. The van der Waals surface area contributed by atoms with Crippen molar-refractivity contribution >= 4 is 67.1 Å². The van der Waals surface area contributed by atoms with Crippen LogP contribution in [-0.2, 0) is 16.5 Å². The van der Waals surface area contributed by atoms with Crippen molar-refractivity contribution < 1.29 is 57.2 Å². The van der Waals surface area contributed by atoms with Crippen molar-refractivity contribution in [3.05, 3.63) is 81.8 Å². The van der Waals surface area contributed by atoms with E-state index in [2.05, 4.69) is 15.5 Å². The van der Waals surface area contributed by atoms with E-state index in [1.807, 2.05) is 0 Å². The fourth-order valence-corrected chi connectivity index (χ4v) is 5.37. The van der Waals surface area contributed by atoms with Crippen molar-refractivity contribution in [2.24, 2.45) is 10.2 Å². The monoisotopic (exact) mass is 595 g/mol. The Hall–Kier alpha value is -2.70. The van der Waals surface area contributed by atoms with Gasteiger partial charge < -0.3 is 15.2 Å². The molecule has 0 saturated heterocycles. The number of amides is 1. The van der Waals surface area contributed by atoms with Gasteiger partial charge in [0.25, 0.3) is 16.0 Å². The minimum Gasteiger partial charge on any atom is -0.870 e. The molecule has 2 N–H and O–H groups in total. The van der Waals surface area contributed by atoms with Crippen LogP contribution in [0.15, 0.2) is 75.8 Å². The van der Waals surface area contributed by atoms with Crippen molar-refractivity contribution in [2.45, 2.75) is 18.2 Å². The zero-order chi connectivity index (χ0) is 27.6. The van der Waals surface area contributed by atoms with Gasteiger partial charge in [0.05, 0.1) is 28.5 Å². The molecule has 4 aromatic rings. The van der Waals surface area contributed by atoms with E-state index in [9.17, 15) is 22.9 Å². The third-order valence-electron chi connectivity index (χ3n) is 5.70. The molecule has 0 unspecified atom stereocenters.